The molecule has 0 radical (unpaired) electrons. The van der Waals surface area contributed by atoms with Gasteiger partial charge in [0.2, 0.25) is 0 Å². The standard InChI is InChI=1S/C13H12NO/c1-11-7-9-13(10-8-11)14(15)12-5-3-2-4-6-12/h2-10H,1H3/q-1. The second kappa shape index (κ2) is 4.15. The Kier molecular flexibility index (Phi) is 2.70. The Morgan fingerprint density at radius 2 is 1.33 bits per heavy atom. The maximum absolute atomic E-state index is 11.9. The number of aryl methyl sites for hydroxylation is 1. The lowest BCUT2D eigenvalue weighted by molar-refractivity contribution is 1.29. The van der Waals surface area contributed by atoms with E-state index in [0.29, 0.717) is 11.4 Å². The van der Waals surface area contributed by atoms with Crippen LogP contribution in [-0.4, -0.2) is 0 Å². The van der Waals surface area contributed by atoms with Gasteiger partial charge in [-0.05, 0) is 31.2 Å². The minimum atomic E-state index is 0.654. The van der Waals surface area contributed by atoms with E-state index in [1.807, 2.05) is 49.4 Å². The van der Waals surface area contributed by atoms with E-state index in [9.17, 15) is 5.21 Å². The summed E-state index contributed by atoms with van der Waals surface area (Å²) in [6, 6.07) is 16.7. The van der Waals surface area contributed by atoms with Gasteiger partial charge in [-0.1, -0.05) is 35.9 Å². The Balaban J connectivity index is 2.29. The van der Waals surface area contributed by atoms with Gasteiger partial charge >= 0.3 is 0 Å². The van der Waals surface area contributed by atoms with E-state index >= 15 is 0 Å². The molecule has 2 heteroatoms. The lowest BCUT2D eigenvalue weighted by Crippen LogP contribution is -2.05. The molecule has 2 rings (SSSR count). The van der Waals surface area contributed by atoms with E-state index < -0.39 is 0 Å². The van der Waals surface area contributed by atoms with E-state index in [-0.39, 0.29) is 0 Å². The molecule has 0 spiro atoms. The third kappa shape index (κ3) is 2.17. The molecular weight excluding hydrogens is 186 g/mol. The van der Waals surface area contributed by atoms with Gasteiger partial charge in [-0.3, -0.25) is 0 Å². The van der Waals surface area contributed by atoms with Crippen molar-refractivity contribution in [2.45, 2.75) is 6.92 Å². The largest absolute Gasteiger partial charge is 0.754 e. The van der Waals surface area contributed by atoms with Gasteiger partial charge in [0, 0.05) is 11.4 Å². The molecule has 0 bridgehead atoms. The van der Waals surface area contributed by atoms with Crippen LogP contribution >= 0.6 is 0 Å². The Morgan fingerprint density at radius 3 is 1.93 bits per heavy atom. The molecule has 0 atom stereocenters. The van der Waals surface area contributed by atoms with Crippen LogP contribution in [0.25, 0.3) is 0 Å². The second-order valence-electron chi connectivity index (χ2n) is 3.47. The monoisotopic (exact) mass is 198 g/mol. The Bertz CT molecular complexity index is 422. The predicted octanol–water partition coefficient (Wildman–Crippen LogP) is 3.63. The Labute approximate surface area is 89.4 Å². The summed E-state index contributed by atoms with van der Waals surface area (Å²) in [6.07, 6.45) is 0. The number of hydrogen-bond donors (Lipinski definition) is 0. The van der Waals surface area contributed by atoms with Crippen LogP contribution < -0.4 is 5.06 Å². The number of anilines is 2. The fourth-order valence-electron chi connectivity index (χ4n) is 1.39. The first kappa shape index (κ1) is 9.74. The highest BCUT2D eigenvalue weighted by Gasteiger charge is 1.96. The summed E-state index contributed by atoms with van der Waals surface area (Å²) in [5, 5.41) is 12.8. The number of benzene rings is 2. The van der Waals surface area contributed by atoms with Gasteiger partial charge in [0.1, 0.15) is 0 Å². The SMILES string of the molecule is Cc1ccc(N([O-])c2ccccc2)cc1. The Morgan fingerprint density at radius 1 is 0.800 bits per heavy atom. The van der Waals surface area contributed by atoms with E-state index in [1.54, 1.807) is 12.1 Å². The average molecular weight is 198 g/mol. The molecule has 0 aliphatic carbocycles. The minimum Gasteiger partial charge on any atom is -0.754 e. The molecule has 0 aromatic heterocycles. The number of hydrogen-bond acceptors (Lipinski definition) is 2. The first-order chi connectivity index (χ1) is 7.27. The fraction of sp³-hybridized carbons (Fsp3) is 0.0769. The Hall–Kier alpha value is -1.80. The van der Waals surface area contributed by atoms with Crippen molar-refractivity contribution in [3.63, 3.8) is 0 Å². The van der Waals surface area contributed by atoms with Crippen molar-refractivity contribution in [3.8, 4) is 0 Å². The molecule has 0 saturated heterocycles. The molecule has 0 fully saturated rings. The first-order valence-electron chi connectivity index (χ1n) is 4.86. The molecule has 2 aromatic rings. The zero-order valence-electron chi connectivity index (χ0n) is 8.55. The van der Waals surface area contributed by atoms with Crippen LogP contribution in [0.2, 0.25) is 0 Å². The van der Waals surface area contributed by atoms with Crippen LogP contribution in [0.1, 0.15) is 5.56 Å². The lowest BCUT2D eigenvalue weighted by atomic mass is 10.2. The van der Waals surface area contributed by atoms with Crippen LogP contribution in [0.15, 0.2) is 54.6 Å². The van der Waals surface area contributed by atoms with Crippen molar-refractivity contribution in [3.05, 3.63) is 65.4 Å². The van der Waals surface area contributed by atoms with Gasteiger partial charge in [-0.15, -0.1) is 0 Å². The second-order valence-corrected chi connectivity index (χ2v) is 3.47. The topological polar surface area (TPSA) is 26.3 Å². The molecule has 0 aliphatic rings. The zero-order chi connectivity index (χ0) is 10.7. The molecule has 2 aromatic carbocycles. The molecule has 0 amide bonds. The van der Waals surface area contributed by atoms with Crippen molar-refractivity contribution in [1.29, 1.82) is 0 Å². The minimum absolute atomic E-state index is 0.654. The van der Waals surface area contributed by atoms with Gasteiger partial charge in [-0.2, -0.15) is 0 Å². The number of rotatable bonds is 2. The molecule has 0 saturated carbocycles. The smallest absolute Gasteiger partial charge is 0.0303 e. The molecule has 15 heavy (non-hydrogen) atoms. The van der Waals surface area contributed by atoms with Gasteiger partial charge < -0.3 is 10.3 Å². The van der Waals surface area contributed by atoms with E-state index in [0.717, 1.165) is 10.6 Å². The van der Waals surface area contributed by atoms with Crippen LogP contribution in [0, 0.1) is 12.1 Å². The van der Waals surface area contributed by atoms with E-state index in [4.69, 9.17) is 0 Å². The molecule has 2 nitrogen and oxygen atoms in total. The lowest BCUT2D eigenvalue weighted by Gasteiger charge is -2.30. The molecule has 76 valence electrons. The summed E-state index contributed by atoms with van der Waals surface area (Å²) in [5.74, 6) is 0. The van der Waals surface area contributed by atoms with Crippen molar-refractivity contribution in [1.82, 2.24) is 0 Å². The van der Waals surface area contributed by atoms with Crippen LogP contribution in [-0.2, 0) is 0 Å². The van der Waals surface area contributed by atoms with Gasteiger partial charge in [-0.25, -0.2) is 0 Å². The summed E-state index contributed by atoms with van der Waals surface area (Å²) in [4.78, 5) is 0. The first-order valence-corrected chi connectivity index (χ1v) is 4.86. The summed E-state index contributed by atoms with van der Waals surface area (Å²) < 4.78 is 0. The number of para-hydroxylation sites is 1. The number of nitrogens with zero attached hydrogens (tertiary/aromatic N) is 1. The summed E-state index contributed by atoms with van der Waals surface area (Å²) in [5.41, 5.74) is 2.47. The fourth-order valence-corrected chi connectivity index (χ4v) is 1.39. The highest BCUT2D eigenvalue weighted by molar-refractivity contribution is 5.63. The molecule has 0 heterocycles. The van der Waals surface area contributed by atoms with Crippen molar-refractivity contribution >= 4 is 11.4 Å². The molecule has 0 N–H and O–H groups in total. The van der Waals surface area contributed by atoms with Gasteiger partial charge in [0.25, 0.3) is 0 Å². The van der Waals surface area contributed by atoms with Crippen LogP contribution in [0.4, 0.5) is 11.4 Å². The third-order valence-corrected chi connectivity index (χ3v) is 2.26. The van der Waals surface area contributed by atoms with Crippen molar-refractivity contribution in [2.24, 2.45) is 0 Å². The normalized spacial score (nSPS) is 10.0. The predicted molar refractivity (Wildman–Crippen MR) is 63.1 cm³/mol. The quantitative estimate of drug-likeness (QED) is 0.689. The van der Waals surface area contributed by atoms with Crippen LogP contribution in [0.3, 0.4) is 0 Å². The summed E-state index contributed by atoms with van der Waals surface area (Å²) >= 11 is 0. The molecule has 0 unspecified atom stereocenters. The zero-order valence-corrected chi connectivity index (χ0v) is 8.55. The third-order valence-electron chi connectivity index (χ3n) is 2.26. The van der Waals surface area contributed by atoms with Gasteiger partial charge in [0.15, 0.2) is 0 Å². The maximum atomic E-state index is 11.9. The highest BCUT2D eigenvalue weighted by atomic mass is 16.5. The average Bonchev–Trinajstić information content (AvgIpc) is 2.30. The van der Waals surface area contributed by atoms with Crippen LogP contribution in [0.5, 0.6) is 0 Å². The van der Waals surface area contributed by atoms with Crippen molar-refractivity contribution < 1.29 is 0 Å². The van der Waals surface area contributed by atoms with Gasteiger partial charge in [0.05, 0.1) is 0 Å². The van der Waals surface area contributed by atoms with Crippen molar-refractivity contribution in [2.75, 3.05) is 5.06 Å². The maximum Gasteiger partial charge on any atom is 0.0303 e. The van der Waals surface area contributed by atoms with E-state index in [1.165, 1.54) is 0 Å². The summed E-state index contributed by atoms with van der Waals surface area (Å²) in [6.45, 7) is 2.00. The highest BCUT2D eigenvalue weighted by Crippen LogP contribution is 2.23. The van der Waals surface area contributed by atoms with E-state index in [2.05, 4.69) is 0 Å². The summed E-state index contributed by atoms with van der Waals surface area (Å²) in [7, 11) is 0. The molecule has 0 aliphatic heterocycles. The molecular formula is C13H12NO-.